The molecule has 0 bridgehead atoms. The Labute approximate surface area is 133 Å². The number of benzene rings is 1. The van der Waals surface area contributed by atoms with Gasteiger partial charge in [-0.1, -0.05) is 24.3 Å². The minimum Gasteiger partial charge on any atom is -0.380 e. The second kappa shape index (κ2) is 9.77. The van der Waals surface area contributed by atoms with E-state index in [1.807, 2.05) is 18.2 Å². The average Bonchev–Trinajstić information content (AvgIpc) is 2.47. The van der Waals surface area contributed by atoms with Gasteiger partial charge in [-0.05, 0) is 43.0 Å². The number of carbonyl (C=O) groups excluding carboxylic acids is 1. The number of rotatable bonds is 6. The SMILES string of the molecule is COCc1cccc(CNC(=O)CC2CCNCC2)c1.Cl. The molecule has 1 aromatic rings. The number of nitrogens with one attached hydrogen (secondary N) is 2. The molecule has 1 aliphatic heterocycles. The lowest BCUT2D eigenvalue weighted by molar-refractivity contribution is -0.122. The first-order valence-electron chi connectivity index (χ1n) is 7.32. The van der Waals surface area contributed by atoms with Gasteiger partial charge in [0.15, 0.2) is 0 Å². The standard InChI is InChI=1S/C16H24N2O2.ClH/c1-20-12-15-4-2-3-14(9-15)11-18-16(19)10-13-5-7-17-8-6-13;/h2-4,9,13,17H,5-8,10-12H2,1H3,(H,18,19);1H. The Kier molecular flexibility index (Phi) is 8.35. The summed E-state index contributed by atoms with van der Waals surface area (Å²) in [6, 6.07) is 8.14. The van der Waals surface area contributed by atoms with Crippen molar-refractivity contribution < 1.29 is 9.53 Å². The summed E-state index contributed by atoms with van der Waals surface area (Å²) in [5, 5.41) is 6.34. The first-order chi connectivity index (χ1) is 9.78. The Morgan fingerprint density at radius 1 is 1.33 bits per heavy atom. The van der Waals surface area contributed by atoms with Crippen LogP contribution in [0.15, 0.2) is 24.3 Å². The largest absolute Gasteiger partial charge is 0.380 e. The molecule has 1 amide bonds. The maximum absolute atomic E-state index is 11.9. The van der Waals surface area contributed by atoms with Gasteiger partial charge in [0, 0.05) is 20.1 Å². The minimum absolute atomic E-state index is 0. The van der Waals surface area contributed by atoms with Crippen LogP contribution in [0.5, 0.6) is 0 Å². The van der Waals surface area contributed by atoms with Gasteiger partial charge in [0.25, 0.3) is 0 Å². The van der Waals surface area contributed by atoms with Gasteiger partial charge >= 0.3 is 0 Å². The number of piperidine rings is 1. The Morgan fingerprint density at radius 2 is 2.05 bits per heavy atom. The van der Waals surface area contributed by atoms with Crippen molar-refractivity contribution in [2.75, 3.05) is 20.2 Å². The van der Waals surface area contributed by atoms with Crippen LogP contribution in [0.25, 0.3) is 0 Å². The molecule has 1 saturated heterocycles. The number of methoxy groups -OCH3 is 1. The summed E-state index contributed by atoms with van der Waals surface area (Å²) < 4.78 is 5.12. The van der Waals surface area contributed by atoms with Crippen LogP contribution in [-0.2, 0) is 22.7 Å². The van der Waals surface area contributed by atoms with E-state index in [-0.39, 0.29) is 18.3 Å². The van der Waals surface area contributed by atoms with Crippen LogP contribution in [0, 0.1) is 5.92 Å². The second-order valence-corrected chi connectivity index (χ2v) is 5.43. The molecule has 0 radical (unpaired) electrons. The monoisotopic (exact) mass is 312 g/mol. The van der Waals surface area contributed by atoms with E-state index in [0.717, 1.165) is 37.1 Å². The smallest absolute Gasteiger partial charge is 0.220 e. The van der Waals surface area contributed by atoms with Crippen molar-refractivity contribution in [3.05, 3.63) is 35.4 Å². The zero-order valence-electron chi connectivity index (χ0n) is 12.6. The molecular formula is C16H25ClN2O2. The van der Waals surface area contributed by atoms with E-state index < -0.39 is 0 Å². The maximum Gasteiger partial charge on any atom is 0.220 e. The highest BCUT2D eigenvalue weighted by atomic mass is 35.5. The molecule has 2 N–H and O–H groups in total. The predicted octanol–water partition coefficient (Wildman–Crippen LogP) is 2.26. The van der Waals surface area contributed by atoms with Gasteiger partial charge in [-0.2, -0.15) is 0 Å². The van der Waals surface area contributed by atoms with E-state index in [4.69, 9.17) is 4.74 Å². The fourth-order valence-electron chi connectivity index (χ4n) is 2.62. The normalized spacial score (nSPS) is 15.3. The lowest BCUT2D eigenvalue weighted by Crippen LogP contribution is -2.32. The fraction of sp³-hybridized carbons (Fsp3) is 0.562. The molecule has 1 fully saturated rings. The summed E-state index contributed by atoms with van der Waals surface area (Å²) in [5.41, 5.74) is 2.26. The number of hydrogen-bond acceptors (Lipinski definition) is 3. The van der Waals surface area contributed by atoms with E-state index in [1.54, 1.807) is 7.11 Å². The third kappa shape index (κ3) is 6.46. The van der Waals surface area contributed by atoms with Crippen molar-refractivity contribution in [2.45, 2.75) is 32.4 Å². The molecule has 1 aliphatic rings. The Morgan fingerprint density at radius 3 is 2.76 bits per heavy atom. The second-order valence-electron chi connectivity index (χ2n) is 5.43. The highest BCUT2D eigenvalue weighted by Crippen LogP contribution is 2.15. The summed E-state index contributed by atoms with van der Waals surface area (Å²) in [7, 11) is 1.69. The molecule has 0 unspecified atom stereocenters. The number of carbonyl (C=O) groups is 1. The third-order valence-electron chi connectivity index (χ3n) is 3.72. The Bertz CT molecular complexity index is 434. The summed E-state index contributed by atoms with van der Waals surface area (Å²) in [4.78, 5) is 11.9. The number of amides is 1. The van der Waals surface area contributed by atoms with Gasteiger partial charge in [0.2, 0.25) is 5.91 Å². The fourth-order valence-corrected chi connectivity index (χ4v) is 2.62. The van der Waals surface area contributed by atoms with Crippen LogP contribution < -0.4 is 10.6 Å². The molecule has 4 nitrogen and oxygen atoms in total. The van der Waals surface area contributed by atoms with Crippen molar-refractivity contribution in [3.8, 4) is 0 Å². The van der Waals surface area contributed by atoms with E-state index >= 15 is 0 Å². The quantitative estimate of drug-likeness (QED) is 0.847. The molecule has 118 valence electrons. The van der Waals surface area contributed by atoms with Crippen molar-refractivity contribution in [2.24, 2.45) is 5.92 Å². The molecule has 0 spiro atoms. The van der Waals surface area contributed by atoms with E-state index in [1.165, 1.54) is 0 Å². The summed E-state index contributed by atoms with van der Waals surface area (Å²) in [6.07, 6.45) is 2.87. The first-order valence-corrected chi connectivity index (χ1v) is 7.32. The van der Waals surface area contributed by atoms with Crippen molar-refractivity contribution in [1.82, 2.24) is 10.6 Å². The molecule has 0 aliphatic carbocycles. The topological polar surface area (TPSA) is 50.4 Å². The van der Waals surface area contributed by atoms with Crippen molar-refractivity contribution in [1.29, 1.82) is 0 Å². The van der Waals surface area contributed by atoms with Crippen molar-refractivity contribution in [3.63, 3.8) is 0 Å². The molecule has 2 rings (SSSR count). The van der Waals surface area contributed by atoms with E-state index in [9.17, 15) is 4.79 Å². The number of hydrogen-bond donors (Lipinski definition) is 2. The van der Waals surface area contributed by atoms with Crippen LogP contribution in [0.1, 0.15) is 30.4 Å². The average molecular weight is 313 g/mol. The van der Waals surface area contributed by atoms with Crippen LogP contribution in [0.3, 0.4) is 0 Å². The summed E-state index contributed by atoms with van der Waals surface area (Å²) in [5.74, 6) is 0.699. The van der Waals surface area contributed by atoms with Gasteiger partial charge in [-0.3, -0.25) is 4.79 Å². The summed E-state index contributed by atoms with van der Waals surface area (Å²) in [6.45, 7) is 3.28. The zero-order chi connectivity index (χ0) is 14.2. The summed E-state index contributed by atoms with van der Waals surface area (Å²) >= 11 is 0. The highest BCUT2D eigenvalue weighted by Gasteiger charge is 2.16. The van der Waals surface area contributed by atoms with Gasteiger partial charge < -0.3 is 15.4 Å². The lowest BCUT2D eigenvalue weighted by atomic mass is 9.94. The molecule has 1 aromatic carbocycles. The van der Waals surface area contributed by atoms with Crippen molar-refractivity contribution >= 4 is 18.3 Å². The zero-order valence-corrected chi connectivity index (χ0v) is 13.4. The van der Waals surface area contributed by atoms with Gasteiger partial charge in [-0.15, -0.1) is 12.4 Å². The first kappa shape index (κ1) is 18.0. The van der Waals surface area contributed by atoms with Gasteiger partial charge in [0.05, 0.1) is 6.61 Å². The van der Waals surface area contributed by atoms with Crippen LogP contribution in [0.2, 0.25) is 0 Å². The molecule has 0 atom stereocenters. The number of ether oxygens (including phenoxy) is 1. The molecular weight excluding hydrogens is 288 g/mol. The predicted molar refractivity (Wildman–Crippen MR) is 86.5 cm³/mol. The molecule has 21 heavy (non-hydrogen) atoms. The van der Waals surface area contributed by atoms with Gasteiger partial charge in [0.1, 0.15) is 0 Å². The van der Waals surface area contributed by atoms with E-state index in [2.05, 4.69) is 16.7 Å². The van der Waals surface area contributed by atoms with Crippen LogP contribution in [-0.4, -0.2) is 26.1 Å². The van der Waals surface area contributed by atoms with E-state index in [0.29, 0.717) is 25.5 Å². The third-order valence-corrected chi connectivity index (χ3v) is 3.72. The lowest BCUT2D eigenvalue weighted by Gasteiger charge is -2.21. The van der Waals surface area contributed by atoms with Gasteiger partial charge in [-0.25, -0.2) is 0 Å². The Balaban J connectivity index is 0.00000220. The van der Waals surface area contributed by atoms with Crippen LogP contribution in [0.4, 0.5) is 0 Å². The molecule has 5 heteroatoms. The Hall–Kier alpha value is -1.10. The number of halogens is 1. The molecule has 0 aromatic heterocycles. The highest BCUT2D eigenvalue weighted by molar-refractivity contribution is 5.85. The minimum atomic E-state index is 0. The molecule has 1 heterocycles. The van der Waals surface area contributed by atoms with Crippen LogP contribution >= 0.6 is 12.4 Å². The maximum atomic E-state index is 11.9. The molecule has 0 saturated carbocycles.